The number of rotatable bonds is 4. The van der Waals surface area contributed by atoms with Gasteiger partial charge >= 0.3 is 5.97 Å². The Hall–Kier alpha value is -2.72. The van der Waals surface area contributed by atoms with Crippen molar-refractivity contribution < 1.29 is 19.1 Å². The van der Waals surface area contributed by atoms with E-state index in [4.69, 9.17) is 9.47 Å². The quantitative estimate of drug-likeness (QED) is 0.794. The second kappa shape index (κ2) is 6.22. The number of benzene rings is 2. The fourth-order valence-corrected chi connectivity index (χ4v) is 4.16. The molecule has 4 nitrogen and oxygen atoms in total. The summed E-state index contributed by atoms with van der Waals surface area (Å²) in [6, 6.07) is 19.1. The zero-order valence-electron chi connectivity index (χ0n) is 14.6. The zero-order valence-corrected chi connectivity index (χ0v) is 14.6. The van der Waals surface area contributed by atoms with E-state index in [9.17, 15) is 9.59 Å². The SMILES string of the molecule is CC(=O)OC[C@@]12C=C(c3ccccc3)C(=O)[C@]1(c1ccccc1)OCC2. The first-order chi connectivity index (χ1) is 12.6. The lowest BCUT2D eigenvalue weighted by Crippen LogP contribution is -2.47. The smallest absolute Gasteiger partial charge is 0.302 e. The van der Waals surface area contributed by atoms with Crippen LogP contribution in [0.15, 0.2) is 66.7 Å². The van der Waals surface area contributed by atoms with Gasteiger partial charge in [-0.25, -0.2) is 0 Å². The molecule has 0 saturated carbocycles. The molecule has 2 aliphatic rings. The van der Waals surface area contributed by atoms with Gasteiger partial charge in [0.2, 0.25) is 5.78 Å². The van der Waals surface area contributed by atoms with E-state index in [0.29, 0.717) is 18.6 Å². The molecule has 0 bridgehead atoms. The van der Waals surface area contributed by atoms with Crippen molar-refractivity contribution in [3.05, 3.63) is 77.9 Å². The molecular formula is C22H20O4. The molecule has 0 unspecified atom stereocenters. The molecule has 1 aliphatic carbocycles. The fraction of sp³-hybridized carbons (Fsp3) is 0.273. The van der Waals surface area contributed by atoms with Gasteiger partial charge in [0.25, 0.3) is 0 Å². The number of Topliss-reactive ketones (excluding diaryl/α,β-unsaturated/α-hetero) is 1. The molecule has 0 amide bonds. The number of ketones is 1. The van der Waals surface area contributed by atoms with Crippen molar-refractivity contribution in [3.63, 3.8) is 0 Å². The van der Waals surface area contributed by atoms with Gasteiger partial charge in [0.05, 0.1) is 5.41 Å². The van der Waals surface area contributed by atoms with E-state index in [-0.39, 0.29) is 18.4 Å². The summed E-state index contributed by atoms with van der Waals surface area (Å²) < 4.78 is 11.6. The molecule has 1 fully saturated rings. The maximum atomic E-state index is 13.6. The van der Waals surface area contributed by atoms with Crippen LogP contribution in [0.5, 0.6) is 0 Å². The molecule has 26 heavy (non-hydrogen) atoms. The van der Waals surface area contributed by atoms with Crippen LogP contribution in [-0.2, 0) is 24.7 Å². The second-order valence-electron chi connectivity index (χ2n) is 6.84. The van der Waals surface area contributed by atoms with Gasteiger partial charge in [-0.3, -0.25) is 9.59 Å². The summed E-state index contributed by atoms with van der Waals surface area (Å²) in [4.78, 5) is 25.1. The highest BCUT2D eigenvalue weighted by Crippen LogP contribution is 2.59. The predicted molar refractivity (Wildman–Crippen MR) is 97.2 cm³/mol. The highest BCUT2D eigenvalue weighted by molar-refractivity contribution is 6.28. The normalized spacial score (nSPS) is 27.1. The second-order valence-corrected chi connectivity index (χ2v) is 6.84. The van der Waals surface area contributed by atoms with Crippen LogP contribution in [0.4, 0.5) is 0 Å². The van der Waals surface area contributed by atoms with Crippen LogP contribution in [0.3, 0.4) is 0 Å². The summed E-state index contributed by atoms with van der Waals surface area (Å²) in [5.74, 6) is -0.429. The van der Waals surface area contributed by atoms with Gasteiger partial charge < -0.3 is 9.47 Å². The Morgan fingerprint density at radius 3 is 2.38 bits per heavy atom. The van der Waals surface area contributed by atoms with Crippen LogP contribution in [0, 0.1) is 5.41 Å². The Kier molecular flexibility index (Phi) is 4.00. The van der Waals surface area contributed by atoms with Crippen LogP contribution >= 0.6 is 0 Å². The lowest BCUT2D eigenvalue weighted by Gasteiger charge is -2.37. The summed E-state index contributed by atoms with van der Waals surface area (Å²) in [5.41, 5.74) is 0.447. The zero-order chi connectivity index (χ0) is 18.2. The Morgan fingerprint density at radius 2 is 1.73 bits per heavy atom. The van der Waals surface area contributed by atoms with Crippen molar-refractivity contribution in [1.82, 2.24) is 0 Å². The Morgan fingerprint density at radius 1 is 1.08 bits per heavy atom. The monoisotopic (exact) mass is 348 g/mol. The first kappa shape index (κ1) is 16.7. The number of carbonyl (C=O) groups is 2. The summed E-state index contributed by atoms with van der Waals surface area (Å²) in [6.45, 7) is 1.95. The Labute approximate surface area is 152 Å². The van der Waals surface area contributed by atoms with Crippen molar-refractivity contribution in [2.75, 3.05) is 13.2 Å². The number of esters is 1. The maximum absolute atomic E-state index is 13.6. The molecule has 2 aromatic rings. The topological polar surface area (TPSA) is 52.6 Å². The number of ether oxygens (including phenoxy) is 2. The predicted octanol–water partition coefficient (Wildman–Crippen LogP) is 3.52. The van der Waals surface area contributed by atoms with E-state index < -0.39 is 11.0 Å². The number of carbonyl (C=O) groups excluding carboxylic acids is 2. The van der Waals surface area contributed by atoms with Crippen LogP contribution in [0.2, 0.25) is 0 Å². The van der Waals surface area contributed by atoms with Crippen molar-refractivity contribution in [2.24, 2.45) is 5.41 Å². The molecule has 0 aromatic heterocycles. The summed E-state index contributed by atoms with van der Waals surface area (Å²) in [6.07, 6.45) is 2.59. The van der Waals surface area contributed by atoms with Crippen LogP contribution in [-0.4, -0.2) is 25.0 Å². The molecule has 2 atom stereocenters. The molecule has 2 aromatic carbocycles. The molecular weight excluding hydrogens is 328 g/mol. The van der Waals surface area contributed by atoms with Gasteiger partial charge in [-0.2, -0.15) is 0 Å². The van der Waals surface area contributed by atoms with Gasteiger partial charge in [-0.05, 0) is 17.5 Å². The molecule has 1 saturated heterocycles. The van der Waals surface area contributed by atoms with Gasteiger partial charge in [0.15, 0.2) is 5.60 Å². The number of fused-ring (bicyclic) bond motifs is 1. The average molecular weight is 348 g/mol. The van der Waals surface area contributed by atoms with E-state index in [0.717, 1.165) is 11.1 Å². The van der Waals surface area contributed by atoms with E-state index in [1.165, 1.54) is 6.92 Å². The Bertz CT molecular complexity index is 872. The highest BCUT2D eigenvalue weighted by atomic mass is 16.5. The molecule has 4 rings (SSSR count). The van der Waals surface area contributed by atoms with E-state index >= 15 is 0 Å². The largest absolute Gasteiger partial charge is 0.465 e. The third-order valence-electron chi connectivity index (χ3n) is 5.35. The van der Waals surface area contributed by atoms with E-state index in [1.807, 2.05) is 66.7 Å². The molecule has 1 aliphatic heterocycles. The third-order valence-corrected chi connectivity index (χ3v) is 5.35. The van der Waals surface area contributed by atoms with E-state index in [1.54, 1.807) is 0 Å². The Balaban J connectivity index is 1.88. The molecule has 0 spiro atoms. The van der Waals surface area contributed by atoms with Crippen molar-refractivity contribution >= 4 is 17.3 Å². The minimum absolute atomic E-state index is 0.0699. The molecule has 132 valence electrons. The van der Waals surface area contributed by atoms with Gasteiger partial charge in [0.1, 0.15) is 6.61 Å². The van der Waals surface area contributed by atoms with E-state index in [2.05, 4.69) is 0 Å². The van der Waals surface area contributed by atoms with Crippen molar-refractivity contribution in [3.8, 4) is 0 Å². The first-order valence-electron chi connectivity index (χ1n) is 8.75. The number of hydrogen-bond acceptors (Lipinski definition) is 4. The van der Waals surface area contributed by atoms with Gasteiger partial charge in [-0.1, -0.05) is 66.7 Å². The highest BCUT2D eigenvalue weighted by Gasteiger charge is 2.66. The molecule has 0 radical (unpaired) electrons. The van der Waals surface area contributed by atoms with Crippen molar-refractivity contribution in [1.29, 1.82) is 0 Å². The third kappa shape index (κ3) is 2.33. The first-order valence-corrected chi connectivity index (χ1v) is 8.75. The summed E-state index contributed by atoms with van der Waals surface area (Å²) >= 11 is 0. The molecule has 4 heteroatoms. The van der Waals surface area contributed by atoms with Gasteiger partial charge in [0, 0.05) is 19.1 Å². The van der Waals surface area contributed by atoms with Crippen LogP contribution < -0.4 is 0 Å². The van der Waals surface area contributed by atoms with Gasteiger partial charge in [-0.15, -0.1) is 0 Å². The minimum Gasteiger partial charge on any atom is -0.465 e. The summed E-state index contributed by atoms with van der Waals surface area (Å²) in [5, 5.41) is 0. The van der Waals surface area contributed by atoms with Crippen LogP contribution in [0.1, 0.15) is 24.5 Å². The molecule has 1 heterocycles. The lowest BCUT2D eigenvalue weighted by atomic mass is 9.70. The lowest BCUT2D eigenvalue weighted by molar-refractivity contribution is -0.153. The fourth-order valence-electron chi connectivity index (χ4n) is 4.16. The van der Waals surface area contributed by atoms with Crippen LogP contribution in [0.25, 0.3) is 5.57 Å². The summed E-state index contributed by atoms with van der Waals surface area (Å²) in [7, 11) is 0. The van der Waals surface area contributed by atoms with Crippen molar-refractivity contribution in [2.45, 2.75) is 18.9 Å². The maximum Gasteiger partial charge on any atom is 0.302 e. The molecule has 0 N–H and O–H groups in total. The minimum atomic E-state index is -1.14. The standard InChI is InChI=1S/C22H20O4/c1-16(23)25-15-21-12-13-26-22(21,18-10-6-3-7-11-18)20(24)19(14-21)17-8-4-2-5-9-17/h2-11,14H,12-13,15H2,1H3/t21-,22+/m1/s1. The number of hydrogen-bond donors (Lipinski definition) is 0. The average Bonchev–Trinajstić information content (AvgIpc) is 3.16.